The van der Waals surface area contributed by atoms with E-state index < -0.39 is 22.5 Å². The van der Waals surface area contributed by atoms with Gasteiger partial charge in [-0.3, -0.25) is 9.10 Å². The number of sulfonamides is 1. The number of anilines is 1. The third kappa shape index (κ3) is 4.14. The molecule has 11 heteroatoms. The number of carbonyl (C=O) groups is 1. The fraction of sp³-hybridized carbons (Fsp3) is 0.0952. The Bertz CT molecular complexity index is 1430. The maximum atomic E-state index is 13.7. The highest BCUT2D eigenvalue weighted by Crippen LogP contribution is 2.39. The molecular weight excluding hydrogens is 477 g/mol. The summed E-state index contributed by atoms with van der Waals surface area (Å²) in [6.07, 6.45) is 0. The summed E-state index contributed by atoms with van der Waals surface area (Å²) in [7, 11) is -4.41. The van der Waals surface area contributed by atoms with Crippen LogP contribution in [0.5, 0.6) is 0 Å². The van der Waals surface area contributed by atoms with Gasteiger partial charge in [-0.1, -0.05) is 58.7 Å². The fourth-order valence-electron chi connectivity index (χ4n) is 3.32. The van der Waals surface area contributed by atoms with Crippen molar-refractivity contribution < 1.29 is 22.8 Å². The van der Waals surface area contributed by atoms with Crippen molar-refractivity contribution in [3.8, 4) is 11.4 Å². The van der Waals surface area contributed by atoms with Crippen LogP contribution in [-0.2, 0) is 14.8 Å². The highest BCUT2D eigenvalue weighted by atomic mass is 35.5. The first kappa shape index (κ1) is 22.1. The van der Waals surface area contributed by atoms with Gasteiger partial charge in [-0.05, 0) is 29.7 Å². The van der Waals surface area contributed by atoms with Crippen molar-refractivity contribution in [2.24, 2.45) is 0 Å². The van der Waals surface area contributed by atoms with E-state index in [1.54, 1.807) is 43.3 Å². The second kappa shape index (κ2) is 8.42. The zero-order chi connectivity index (χ0) is 23.0. The van der Waals surface area contributed by atoms with Crippen LogP contribution in [0, 0.1) is 6.92 Å². The molecule has 1 N–H and O–H groups in total. The number of benzene rings is 3. The van der Waals surface area contributed by atoms with Crippen LogP contribution in [0.25, 0.3) is 22.2 Å². The lowest BCUT2D eigenvalue weighted by Gasteiger charge is -2.26. The minimum atomic E-state index is -4.41. The predicted molar refractivity (Wildman–Crippen MR) is 121 cm³/mol. The lowest BCUT2D eigenvalue weighted by molar-refractivity contribution is -0.135. The lowest BCUT2D eigenvalue weighted by Crippen LogP contribution is -2.36. The van der Waals surface area contributed by atoms with Crippen LogP contribution in [-0.4, -0.2) is 36.2 Å². The Morgan fingerprint density at radius 3 is 2.41 bits per heavy atom. The molecule has 0 aliphatic rings. The molecule has 1 heterocycles. The zero-order valence-electron chi connectivity index (χ0n) is 16.5. The maximum Gasteiger partial charge on any atom is 0.324 e. The van der Waals surface area contributed by atoms with Gasteiger partial charge >= 0.3 is 5.97 Å². The molecule has 32 heavy (non-hydrogen) atoms. The number of nitrogens with zero attached hydrogens (tertiary/aromatic N) is 3. The van der Waals surface area contributed by atoms with Gasteiger partial charge in [0.2, 0.25) is 11.7 Å². The highest BCUT2D eigenvalue weighted by Gasteiger charge is 2.32. The number of aromatic nitrogens is 2. The van der Waals surface area contributed by atoms with Gasteiger partial charge in [0.15, 0.2) is 0 Å². The number of aliphatic carboxylic acids is 1. The molecule has 0 fully saturated rings. The highest BCUT2D eigenvalue weighted by molar-refractivity contribution is 7.93. The molecule has 0 bridgehead atoms. The van der Waals surface area contributed by atoms with E-state index >= 15 is 0 Å². The van der Waals surface area contributed by atoms with Gasteiger partial charge in [0.05, 0.1) is 10.6 Å². The van der Waals surface area contributed by atoms with Crippen molar-refractivity contribution in [3.63, 3.8) is 0 Å². The van der Waals surface area contributed by atoms with Gasteiger partial charge in [-0.2, -0.15) is 4.98 Å². The van der Waals surface area contributed by atoms with E-state index in [9.17, 15) is 18.3 Å². The summed E-state index contributed by atoms with van der Waals surface area (Å²) in [5.41, 5.74) is 0.390. The predicted octanol–water partition coefficient (Wildman–Crippen LogP) is 4.78. The summed E-state index contributed by atoms with van der Waals surface area (Å²) in [6.45, 7) is 0.737. The summed E-state index contributed by atoms with van der Waals surface area (Å²) < 4.78 is 33.2. The Kier molecular flexibility index (Phi) is 5.81. The molecule has 0 aliphatic heterocycles. The van der Waals surface area contributed by atoms with Gasteiger partial charge in [0, 0.05) is 27.9 Å². The van der Waals surface area contributed by atoms with E-state index in [1.165, 1.54) is 18.2 Å². The molecule has 164 valence electrons. The molecule has 4 aromatic rings. The number of hydrogen-bond acceptors (Lipinski definition) is 6. The van der Waals surface area contributed by atoms with Gasteiger partial charge in [-0.15, -0.1) is 0 Å². The second-order valence-electron chi connectivity index (χ2n) is 6.83. The number of carboxylic acid groups (broad SMARTS) is 1. The number of rotatable bonds is 6. The van der Waals surface area contributed by atoms with Crippen LogP contribution in [0.3, 0.4) is 0 Å². The Hall–Kier alpha value is -3.14. The molecule has 0 spiro atoms. The van der Waals surface area contributed by atoms with Crippen LogP contribution in [0.4, 0.5) is 5.69 Å². The molecule has 0 unspecified atom stereocenters. The molecule has 0 aliphatic carbocycles. The van der Waals surface area contributed by atoms with Crippen LogP contribution in [0.2, 0.25) is 10.0 Å². The molecule has 0 radical (unpaired) electrons. The van der Waals surface area contributed by atoms with Gasteiger partial charge < -0.3 is 9.63 Å². The maximum absolute atomic E-state index is 13.7. The molecule has 3 aromatic carbocycles. The second-order valence-corrected chi connectivity index (χ2v) is 9.57. The van der Waals surface area contributed by atoms with Crippen molar-refractivity contribution in [1.82, 2.24) is 10.1 Å². The van der Waals surface area contributed by atoms with E-state index in [-0.39, 0.29) is 32.3 Å². The van der Waals surface area contributed by atoms with Crippen molar-refractivity contribution in [2.75, 3.05) is 10.8 Å². The van der Waals surface area contributed by atoms with Crippen LogP contribution < -0.4 is 4.31 Å². The van der Waals surface area contributed by atoms with Crippen molar-refractivity contribution >= 4 is 55.7 Å². The lowest BCUT2D eigenvalue weighted by atomic mass is 10.0. The molecular formula is C21H15Cl2N3O5S. The average Bonchev–Trinajstić information content (AvgIpc) is 3.16. The standard InChI is InChI=1S/C21H15Cl2N3O5S/c1-12-24-21(25-31-12)18-7-6-13-4-2-3-5-17(13)20(18)26(11-19(27)28)32(29,30)16-9-14(22)8-15(23)10-16/h2-10H,11H2,1H3,(H,27,28). The molecule has 1 aromatic heterocycles. The first-order chi connectivity index (χ1) is 15.2. The first-order valence-corrected chi connectivity index (χ1v) is 11.4. The van der Waals surface area contributed by atoms with Crippen molar-refractivity contribution in [2.45, 2.75) is 11.8 Å². The summed E-state index contributed by atoms with van der Waals surface area (Å²) in [5.74, 6) is -0.962. The Balaban J connectivity index is 2.06. The molecule has 0 saturated carbocycles. The fourth-order valence-corrected chi connectivity index (χ4v) is 5.50. The van der Waals surface area contributed by atoms with Gasteiger partial charge in [0.1, 0.15) is 6.54 Å². The zero-order valence-corrected chi connectivity index (χ0v) is 18.8. The van der Waals surface area contributed by atoms with E-state index in [2.05, 4.69) is 10.1 Å². The summed E-state index contributed by atoms with van der Waals surface area (Å²) in [6, 6.07) is 14.2. The molecule has 8 nitrogen and oxygen atoms in total. The molecule has 0 saturated heterocycles. The topological polar surface area (TPSA) is 114 Å². The Labute approximate surface area is 193 Å². The minimum absolute atomic E-state index is 0.0956. The van der Waals surface area contributed by atoms with Gasteiger partial charge in [-0.25, -0.2) is 8.42 Å². The largest absolute Gasteiger partial charge is 0.480 e. The SMILES string of the molecule is Cc1nc(-c2ccc3ccccc3c2N(CC(=O)O)S(=O)(=O)c2cc(Cl)cc(Cl)c2)no1. The van der Waals surface area contributed by atoms with E-state index in [0.717, 1.165) is 4.31 Å². The number of hydrogen-bond donors (Lipinski definition) is 1. The number of fused-ring (bicyclic) bond motifs is 1. The Morgan fingerprint density at radius 1 is 1.09 bits per heavy atom. The van der Waals surface area contributed by atoms with Crippen LogP contribution in [0.1, 0.15) is 5.89 Å². The number of carboxylic acids is 1. The monoisotopic (exact) mass is 491 g/mol. The van der Waals surface area contributed by atoms with Crippen molar-refractivity contribution in [3.05, 3.63) is 70.5 Å². The molecule has 4 rings (SSSR count). The van der Waals surface area contributed by atoms with Crippen molar-refractivity contribution in [1.29, 1.82) is 0 Å². The molecule has 0 atom stereocenters. The summed E-state index contributed by atoms with van der Waals surface area (Å²) in [4.78, 5) is 15.7. The van der Waals surface area contributed by atoms with Crippen LogP contribution >= 0.6 is 23.2 Å². The molecule has 0 amide bonds. The van der Waals surface area contributed by atoms with E-state index in [1.807, 2.05) is 0 Å². The average molecular weight is 492 g/mol. The van der Waals surface area contributed by atoms with Gasteiger partial charge in [0.25, 0.3) is 10.0 Å². The normalized spacial score (nSPS) is 11.6. The smallest absolute Gasteiger partial charge is 0.324 e. The quantitative estimate of drug-likeness (QED) is 0.412. The summed E-state index contributed by atoms with van der Waals surface area (Å²) >= 11 is 12.0. The van der Waals surface area contributed by atoms with E-state index in [0.29, 0.717) is 16.3 Å². The number of halogens is 2. The third-order valence-corrected chi connectivity index (χ3v) is 6.78. The Morgan fingerprint density at radius 2 is 1.78 bits per heavy atom. The first-order valence-electron chi connectivity index (χ1n) is 9.20. The van der Waals surface area contributed by atoms with E-state index in [4.69, 9.17) is 27.7 Å². The van der Waals surface area contributed by atoms with Crippen LogP contribution in [0.15, 0.2) is 64.0 Å². The minimum Gasteiger partial charge on any atom is -0.480 e. The number of aryl methyl sites for hydroxylation is 1. The third-order valence-electron chi connectivity index (χ3n) is 4.62. The summed E-state index contributed by atoms with van der Waals surface area (Å²) in [5, 5.41) is 14.9.